The number of benzene rings is 1. The van der Waals surface area contributed by atoms with Crippen LogP contribution in [0.3, 0.4) is 0 Å². The number of rotatable bonds is 9. The number of nitrogens with one attached hydrogen (secondary N) is 1. The second-order valence-electron chi connectivity index (χ2n) is 6.74. The Morgan fingerprint density at radius 3 is 2.30 bits per heavy atom. The summed E-state index contributed by atoms with van der Waals surface area (Å²) in [7, 11) is 0. The maximum Gasteiger partial charge on any atom is 0.00719 e. The highest BCUT2D eigenvalue weighted by Crippen LogP contribution is 2.33. The summed E-state index contributed by atoms with van der Waals surface area (Å²) < 4.78 is 0. The highest BCUT2D eigenvalue weighted by Gasteiger charge is 2.27. The molecule has 0 radical (unpaired) electrons. The fraction of sp³-hybridized carbons (Fsp3) is 0.667. The molecule has 1 aromatic carbocycles. The molecule has 1 rings (SSSR count). The molecule has 1 N–H and O–H groups in total. The third-order valence-electron chi connectivity index (χ3n) is 4.16. The van der Waals surface area contributed by atoms with Gasteiger partial charge in [0.1, 0.15) is 0 Å². The maximum absolute atomic E-state index is 3.65. The molecule has 0 spiro atoms. The van der Waals surface area contributed by atoms with Gasteiger partial charge in [0.15, 0.2) is 0 Å². The van der Waals surface area contributed by atoms with Crippen LogP contribution in [-0.4, -0.2) is 18.8 Å². The lowest BCUT2D eigenvalue weighted by Crippen LogP contribution is -2.38. The van der Waals surface area contributed by atoms with Crippen molar-refractivity contribution in [2.24, 2.45) is 17.3 Å². The second kappa shape index (κ2) is 8.74. The molecule has 0 aliphatic heterocycles. The van der Waals surface area contributed by atoms with Gasteiger partial charge in [-0.2, -0.15) is 0 Å². The first kappa shape index (κ1) is 17.6. The molecule has 0 saturated carbocycles. The van der Waals surface area contributed by atoms with Crippen LogP contribution in [0, 0.1) is 17.3 Å². The Balaban J connectivity index is 2.41. The Morgan fingerprint density at radius 1 is 1.10 bits per heavy atom. The quantitative estimate of drug-likeness (QED) is 0.637. The van der Waals surface area contributed by atoms with Crippen LogP contribution in [0.2, 0.25) is 0 Å². The van der Waals surface area contributed by atoms with Gasteiger partial charge in [0.25, 0.3) is 0 Å². The van der Waals surface area contributed by atoms with Gasteiger partial charge in [-0.3, -0.25) is 0 Å². The fourth-order valence-corrected chi connectivity index (χ4v) is 3.30. The molecule has 114 valence electrons. The van der Waals surface area contributed by atoms with E-state index in [1.807, 2.05) is 11.8 Å². The molecule has 20 heavy (non-hydrogen) atoms. The van der Waals surface area contributed by atoms with Crippen LogP contribution in [0.4, 0.5) is 0 Å². The molecular formula is C18H31NS. The molecule has 0 aliphatic carbocycles. The Kier molecular flexibility index (Phi) is 7.68. The average Bonchev–Trinajstić information content (AvgIpc) is 2.39. The van der Waals surface area contributed by atoms with E-state index >= 15 is 0 Å². The van der Waals surface area contributed by atoms with Gasteiger partial charge < -0.3 is 5.32 Å². The third-order valence-corrected chi connectivity index (χ3v) is 5.17. The lowest BCUT2D eigenvalue weighted by molar-refractivity contribution is 0.200. The first-order valence-electron chi connectivity index (χ1n) is 7.82. The highest BCUT2D eigenvalue weighted by atomic mass is 32.2. The van der Waals surface area contributed by atoms with E-state index in [2.05, 4.69) is 70.3 Å². The first-order chi connectivity index (χ1) is 9.44. The summed E-state index contributed by atoms with van der Waals surface area (Å²) in [5, 5.41) is 3.65. The van der Waals surface area contributed by atoms with Crippen molar-refractivity contribution in [1.29, 1.82) is 0 Å². The molecule has 0 amide bonds. The monoisotopic (exact) mass is 293 g/mol. The smallest absolute Gasteiger partial charge is 0.00719 e. The summed E-state index contributed by atoms with van der Waals surface area (Å²) in [4.78, 5) is 1.38. The van der Waals surface area contributed by atoms with E-state index in [0.29, 0.717) is 11.3 Å². The van der Waals surface area contributed by atoms with Gasteiger partial charge in [-0.25, -0.2) is 0 Å². The molecule has 2 heteroatoms. The third kappa shape index (κ3) is 6.32. The molecular weight excluding hydrogens is 262 g/mol. The standard InChI is InChI=1S/C18H31NS/c1-15(2)13-19-14-18(5,16(3)4)11-12-20-17-9-7-6-8-10-17/h6-10,15-16,19H,11-14H2,1-5H3. The second-order valence-corrected chi connectivity index (χ2v) is 7.91. The van der Waals surface area contributed by atoms with Crippen LogP contribution >= 0.6 is 11.8 Å². The maximum atomic E-state index is 3.65. The molecule has 0 fully saturated rings. The fourth-order valence-electron chi connectivity index (χ4n) is 2.15. The van der Waals surface area contributed by atoms with Crippen LogP contribution < -0.4 is 5.32 Å². The Labute approximate surface area is 129 Å². The Bertz CT molecular complexity index is 361. The van der Waals surface area contributed by atoms with Crippen molar-refractivity contribution in [2.45, 2.75) is 45.9 Å². The predicted molar refractivity (Wildman–Crippen MR) is 92.4 cm³/mol. The van der Waals surface area contributed by atoms with E-state index in [1.165, 1.54) is 17.1 Å². The predicted octanol–water partition coefficient (Wildman–Crippen LogP) is 5.08. The molecule has 1 aromatic rings. The number of thioether (sulfide) groups is 1. The lowest BCUT2D eigenvalue weighted by Gasteiger charge is -2.34. The summed E-state index contributed by atoms with van der Waals surface area (Å²) in [5.41, 5.74) is 0.386. The van der Waals surface area contributed by atoms with Gasteiger partial charge in [0.2, 0.25) is 0 Å². The molecule has 1 atom stereocenters. The van der Waals surface area contributed by atoms with Crippen molar-refractivity contribution in [3.63, 3.8) is 0 Å². The van der Waals surface area contributed by atoms with E-state index in [4.69, 9.17) is 0 Å². The minimum Gasteiger partial charge on any atom is -0.316 e. The molecule has 1 nitrogen and oxygen atoms in total. The summed E-state index contributed by atoms with van der Waals surface area (Å²) in [6.45, 7) is 13.9. The van der Waals surface area contributed by atoms with Crippen molar-refractivity contribution in [3.8, 4) is 0 Å². The van der Waals surface area contributed by atoms with Crippen LogP contribution in [0.1, 0.15) is 41.0 Å². The van der Waals surface area contributed by atoms with Crippen molar-refractivity contribution in [1.82, 2.24) is 5.32 Å². The SMILES string of the molecule is CC(C)CNCC(C)(CCSc1ccccc1)C(C)C. The van der Waals surface area contributed by atoms with E-state index in [-0.39, 0.29) is 0 Å². The minimum absolute atomic E-state index is 0.386. The summed E-state index contributed by atoms with van der Waals surface area (Å²) in [5.74, 6) is 2.63. The topological polar surface area (TPSA) is 12.0 Å². The van der Waals surface area contributed by atoms with Gasteiger partial charge >= 0.3 is 0 Å². The van der Waals surface area contributed by atoms with Crippen LogP contribution in [0.25, 0.3) is 0 Å². The Hall–Kier alpha value is -0.470. The molecule has 1 unspecified atom stereocenters. The molecule has 0 aliphatic rings. The van der Waals surface area contributed by atoms with Crippen molar-refractivity contribution in [2.75, 3.05) is 18.8 Å². The largest absolute Gasteiger partial charge is 0.316 e. The van der Waals surface area contributed by atoms with Gasteiger partial charge in [-0.05, 0) is 48.1 Å². The summed E-state index contributed by atoms with van der Waals surface area (Å²) in [6.07, 6.45) is 1.26. The zero-order valence-electron chi connectivity index (χ0n) is 13.8. The molecule has 0 heterocycles. The zero-order valence-corrected chi connectivity index (χ0v) is 14.6. The number of hydrogen-bond acceptors (Lipinski definition) is 2. The van der Waals surface area contributed by atoms with Gasteiger partial charge in [0, 0.05) is 11.4 Å². The van der Waals surface area contributed by atoms with Crippen LogP contribution in [-0.2, 0) is 0 Å². The van der Waals surface area contributed by atoms with Crippen molar-refractivity contribution < 1.29 is 0 Å². The summed E-state index contributed by atoms with van der Waals surface area (Å²) in [6, 6.07) is 10.7. The van der Waals surface area contributed by atoms with E-state index in [0.717, 1.165) is 19.0 Å². The van der Waals surface area contributed by atoms with Crippen LogP contribution in [0.5, 0.6) is 0 Å². The Morgan fingerprint density at radius 2 is 1.75 bits per heavy atom. The van der Waals surface area contributed by atoms with Crippen molar-refractivity contribution in [3.05, 3.63) is 30.3 Å². The molecule has 0 aromatic heterocycles. The normalized spacial score (nSPS) is 14.8. The van der Waals surface area contributed by atoms with Gasteiger partial charge in [-0.15, -0.1) is 11.8 Å². The molecule has 0 bridgehead atoms. The van der Waals surface area contributed by atoms with Crippen LogP contribution in [0.15, 0.2) is 35.2 Å². The van der Waals surface area contributed by atoms with E-state index in [1.54, 1.807) is 0 Å². The minimum atomic E-state index is 0.386. The van der Waals surface area contributed by atoms with E-state index < -0.39 is 0 Å². The lowest BCUT2D eigenvalue weighted by atomic mass is 9.76. The number of hydrogen-bond donors (Lipinski definition) is 1. The highest BCUT2D eigenvalue weighted by molar-refractivity contribution is 7.99. The first-order valence-corrected chi connectivity index (χ1v) is 8.81. The molecule has 0 saturated heterocycles. The zero-order chi connectivity index (χ0) is 15.0. The van der Waals surface area contributed by atoms with E-state index in [9.17, 15) is 0 Å². The van der Waals surface area contributed by atoms with Crippen molar-refractivity contribution >= 4 is 11.8 Å². The summed E-state index contributed by atoms with van der Waals surface area (Å²) >= 11 is 1.98. The van der Waals surface area contributed by atoms with Gasteiger partial charge in [-0.1, -0.05) is 52.8 Å². The van der Waals surface area contributed by atoms with Gasteiger partial charge in [0.05, 0.1) is 0 Å². The average molecular weight is 294 g/mol.